The van der Waals surface area contributed by atoms with Crippen molar-refractivity contribution < 1.29 is 0 Å². The summed E-state index contributed by atoms with van der Waals surface area (Å²) in [6, 6.07) is 0. The van der Waals surface area contributed by atoms with Gasteiger partial charge in [0.15, 0.2) is 5.16 Å². The van der Waals surface area contributed by atoms with E-state index < -0.39 is 0 Å². The van der Waals surface area contributed by atoms with Crippen LogP contribution in [-0.4, -0.2) is 28.3 Å². The zero-order chi connectivity index (χ0) is 10.9. The lowest BCUT2D eigenvalue weighted by Gasteiger charge is -2.10. The van der Waals surface area contributed by atoms with Gasteiger partial charge in [0.1, 0.15) is 0 Å². The van der Waals surface area contributed by atoms with Crippen LogP contribution in [0.15, 0.2) is 17.6 Å². The number of hydrogen-bond donors (Lipinski definition) is 2. The molecule has 0 fully saturated rings. The van der Waals surface area contributed by atoms with Gasteiger partial charge in [0, 0.05) is 24.2 Å². The van der Waals surface area contributed by atoms with E-state index >= 15 is 0 Å². The van der Waals surface area contributed by atoms with Crippen LogP contribution in [0.4, 0.5) is 0 Å². The summed E-state index contributed by atoms with van der Waals surface area (Å²) in [5.41, 5.74) is 0. The molecule has 0 aromatic carbocycles. The van der Waals surface area contributed by atoms with Crippen LogP contribution >= 0.6 is 11.8 Å². The van der Waals surface area contributed by atoms with E-state index in [4.69, 9.17) is 0 Å². The van der Waals surface area contributed by atoms with Crippen LogP contribution < -0.4 is 5.32 Å². The summed E-state index contributed by atoms with van der Waals surface area (Å²) in [4.78, 5) is 7.30. The van der Waals surface area contributed by atoms with Crippen LogP contribution in [0.25, 0.3) is 0 Å². The highest BCUT2D eigenvalue weighted by Gasteiger charge is 2.04. The average Bonchev–Trinajstić information content (AvgIpc) is 2.70. The molecule has 0 saturated carbocycles. The summed E-state index contributed by atoms with van der Waals surface area (Å²) < 4.78 is 0. The van der Waals surface area contributed by atoms with Gasteiger partial charge in [0.2, 0.25) is 0 Å². The molecule has 0 aliphatic heterocycles. The molecule has 1 aromatic heterocycles. The number of unbranched alkanes of at least 4 members (excludes halogenated alkanes) is 2. The fourth-order valence-corrected chi connectivity index (χ4v) is 2.19. The molecule has 1 aromatic rings. The van der Waals surface area contributed by atoms with E-state index in [9.17, 15) is 0 Å². The second-order valence-electron chi connectivity index (χ2n) is 3.73. The van der Waals surface area contributed by atoms with Crippen LogP contribution in [0.3, 0.4) is 0 Å². The Balaban J connectivity index is 2.01. The van der Waals surface area contributed by atoms with Crippen LogP contribution in [-0.2, 0) is 0 Å². The van der Waals surface area contributed by atoms with Gasteiger partial charge < -0.3 is 10.3 Å². The molecule has 1 heterocycles. The van der Waals surface area contributed by atoms with Crippen molar-refractivity contribution in [1.29, 1.82) is 0 Å². The minimum atomic E-state index is 0.567. The molecule has 0 aliphatic rings. The number of hydrogen-bond acceptors (Lipinski definition) is 3. The largest absolute Gasteiger partial charge is 0.340 e. The molecule has 15 heavy (non-hydrogen) atoms. The molecule has 0 aliphatic carbocycles. The van der Waals surface area contributed by atoms with Crippen molar-refractivity contribution in [2.24, 2.45) is 0 Å². The summed E-state index contributed by atoms with van der Waals surface area (Å²) in [6.45, 7) is 6.64. The number of thioether (sulfide) groups is 1. The smallest absolute Gasteiger partial charge is 0.165 e. The Bertz CT molecular complexity index is 236. The Hall–Kier alpha value is -0.480. The van der Waals surface area contributed by atoms with Crippen molar-refractivity contribution in [2.75, 3.05) is 13.1 Å². The Labute approximate surface area is 96.5 Å². The molecule has 0 spiro atoms. The number of aromatic nitrogens is 2. The van der Waals surface area contributed by atoms with Gasteiger partial charge in [-0.3, -0.25) is 0 Å². The van der Waals surface area contributed by atoms with Crippen LogP contribution in [0.1, 0.15) is 33.1 Å². The molecule has 0 bridgehead atoms. The molecular formula is C11H21N3S. The van der Waals surface area contributed by atoms with Gasteiger partial charge in [-0.2, -0.15) is 0 Å². The summed E-state index contributed by atoms with van der Waals surface area (Å²) in [5, 5.41) is 5.05. The van der Waals surface area contributed by atoms with Crippen molar-refractivity contribution in [2.45, 2.75) is 43.5 Å². The zero-order valence-corrected chi connectivity index (χ0v) is 10.4. The molecule has 1 atom stereocenters. The number of nitrogens with zero attached hydrogens (tertiary/aromatic N) is 1. The van der Waals surface area contributed by atoms with E-state index in [0.717, 1.165) is 18.2 Å². The van der Waals surface area contributed by atoms with Crippen molar-refractivity contribution in [1.82, 2.24) is 15.3 Å². The lowest BCUT2D eigenvalue weighted by Crippen LogP contribution is -2.23. The van der Waals surface area contributed by atoms with E-state index in [1.165, 1.54) is 19.3 Å². The average molecular weight is 227 g/mol. The zero-order valence-electron chi connectivity index (χ0n) is 9.62. The molecule has 3 nitrogen and oxygen atoms in total. The highest BCUT2D eigenvalue weighted by atomic mass is 32.2. The van der Waals surface area contributed by atoms with Gasteiger partial charge in [-0.05, 0) is 13.0 Å². The predicted molar refractivity (Wildman–Crippen MR) is 66.3 cm³/mol. The minimum absolute atomic E-state index is 0.567. The topological polar surface area (TPSA) is 40.7 Å². The van der Waals surface area contributed by atoms with Gasteiger partial charge in [0.05, 0.1) is 0 Å². The lowest BCUT2D eigenvalue weighted by molar-refractivity contribution is 0.615. The Morgan fingerprint density at radius 3 is 3.07 bits per heavy atom. The van der Waals surface area contributed by atoms with Crippen molar-refractivity contribution in [3.05, 3.63) is 12.4 Å². The van der Waals surface area contributed by atoms with Crippen molar-refractivity contribution in [3.8, 4) is 0 Å². The first-order valence-corrected chi connectivity index (χ1v) is 6.57. The Kier molecular flexibility index (Phi) is 6.52. The van der Waals surface area contributed by atoms with Crippen molar-refractivity contribution in [3.63, 3.8) is 0 Å². The molecule has 4 heteroatoms. The Morgan fingerprint density at radius 1 is 1.53 bits per heavy atom. The highest BCUT2D eigenvalue weighted by Crippen LogP contribution is 2.17. The maximum atomic E-state index is 4.19. The van der Waals surface area contributed by atoms with Gasteiger partial charge in [-0.25, -0.2) is 4.98 Å². The van der Waals surface area contributed by atoms with E-state index in [0.29, 0.717) is 5.25 Å². The van der Waals surface area contributed by atoms with Crippen molar-refractivity contribution >= 4 is 11.8 Å². The van der Waals surface area contributed by atoms with Gasteiger partial charge >= 0.3 is 0 Å². The first-order valence-electron chi connectivity index (χ1n) is 5.69. The summed E-state index contributed by atoms with van der Waals surface area (Å²) in [5.74, 6) is 0. The Morgan fingerprint density at radius 2 is 2.40 bits per heavy atom. The standard InChI is InChI=1S/C11H21N3S/c1-3-4-5-6-12-9-10(2)15-11-13-7-8-14-11/h7-8,10,12H,3-6,9H2,1-2H3,(H,13,14). The maximum absolute atomic E-state index is 4.19. The first kappa shape index (κ1) is 12.6. The number of aromatic amines is 1. The van der Waals surface area contributed by atoms with E-state index in [2.05, 4.69) is 29.1 Å². The highest BCUT2D eigenvalue weighted by molar-refractivity contribution is 7.99. The first-order chi connectivity index (χ1) is 7.33. The van der Waals surface area contributed by atoms with Crippen LogP contribution in [0, 0.1) is 0 Å². The van der Waals surface area contributed by atoms with Crippen LogP contribution in [0.5, 0.6) is 0 Å². The molecule has 1 rings (SSSR count). The molecule has 86 valence electrons. The van der Waals surface area contributed by atoms with Gasteiger partial charge in [-0.1, -0.05) is 38.5 Å². The van der Waals surface area contributed by atoms with Crippen LogP contribution in [0.2, 0.25) is 0 Å². The quantitative estimate of drug-likeness (QED) is 0.530. The fraction of sp³-hybridized carbons (Fsp3) is 0.727. The third-order valence-electron chi connectivity index (χ3n) is 2.17. The summed E-state index contributed by atoms with van der Waals surface area (Å²) >= 11 is 1.78. The SMILES string of the molecule is CCCCCNCC(C)Sc1ncc[nH]1. The third kappa shape index (κ3) is 5.85. The molecule has 1 unspecified atom stereocenters. The number of nitrogens with one attached hydrogen (secondary N) is 2. The normalized spacial score (nSPS) is 12.9. The third-order valence-corrected chi connectivity index (χ3v) is 3.19. The molecular weight excluding hydrogens is 206 g/mol. The predicted octanol–water partition coefficient (Wildman–Crippen LogP) is 2.67. The molecule has 0 radical (unpaired) electrons. The summed E-state index contributed by atoms with van der Waals surface area (Å²) in [6.07, 6.45) is 7.56. The monoisotopic (exact) mass is 227 g/mol. The fourth-order valence-electron chi connectivity index (χ4n) is 1.35. The van der Waals surface area contributed by atoms with E-state index in [1.807, 2.05) is 6.20 Å². The second-order valence-corrected chi connectivity index (χ2v) is 5.16. The molecule has 2 N–H and O–H groups in total. The summed E-state index contributed by atoms with van der Waals surface area (Å²) in [7, 11) is 0. The second kappa shape index (κ2) is 7.77. The van der Waals surface area contributed by atoms with Gasteiger partial charge in [0.25, 0.3) is 0 Å². The van der Waals surface area contributed by atoms with E-state index in [-0.39, 0.29) is 0 Å². The lowest BCUT2D eigenvalue weighted by atomic mass is 10.2. The number of rotatable bonds is 8. The van der Waals surface area contributed by atoms with E-state index in [1.54, 1.807) is 18.0 Å². The maximum Gasteiger partial charge on any atom is 0.165 e. The molecule has 0 saturated heterocycles. The minimum Gasteiger partial charge on any atom is -0.340 e. The number of H-pyrrole nitrogens is 1. The van der Waals surface area contributed by atoms with Gasteiger partial charge in [-0.15, -0.1) is 0 Å². The number of imidazole rings is 1. The molecule has 0 amide bonds.